The van der Waals surface area contributed by atoms with Crippen LogP contribution in [0.3, 0.4) is 0 Å². The summed E-state index contributed by atoms with van der Waals surface area (Å²) in [6, 6.07) is 13.7. The Labute approximate surface area is 126 Å². The molecule has 0 saturated carbocycles. The topological polar surface area (TPSA) is 0 Å². The second-order valence-electron chi connectivity index (χ2n) is 6.17. The van der Waals surface area contributed by atoms with E-state index in [2.05, 4.69) is 19.1 Å². The van der Waals surface area contributed by atoms with Crippen molar-refractivity contribution in [2.24, 2.45) is 5.92 Å². The first-order valence-electron chi connectivity index (χ1n) is 7.69. The molecule has 0 saturated heterocycles. The fourth-order valence-corrected chi connectivity index (χ4v) is 2.91. The standard InChI is InChI=1S/C20H21F/c1-14-3-7-16(8-4-14)18-11-12-19(20(21)13-18)17-9-5-15(2)6-10-17/h5-7,9-14H,3-4,8H2,1-2H3. The smallest absolute Gasteiger partial charge is 0.131 e. The molecule has 0 amide bonds. The average molecular weight is 280 g/mol. The molecule has 2 aromatic rings. The fraction of sp³-hybridized carbons (Fsp3) is 0.300. The van der Waals surface area contributed by atoms with Gasteiger partial charge in [-0.3, -0.25) is 0 Å². The van der Waals surface area contributed by atoms with Gasteiger partial charge < -0.3 is 0 Å². The molecule has 3 rings (SSSR count). The van der Waals surface area contributed by atoms with E-state index < -0.39 is 0 Å². The van der Waals surface area contributed by atoms with Crippen molar-refractivity contribution in [3.8, 4) is 11.1 Å². The van der Waals surface area contributed by atoms with Crippen molar-refractivity contribution < 1.29 is 4.39 Å². The minimum absolute atomic E-state index is 0.129. The second-order valence-corrected chi connectivity index (χ2v) is 6.17. The highest BCUT2D eigenvalue weighted by Crippen LogP contribution is 2.32. The zero-order valence-electron chi connectivity index (χ0n) is 12.7. The number of rotatable bonds is 2. The number of hydrogen-bond acceptors (Lipinski definition) is 0. The number of aryl methyl sites for hydroxylation is 1. The van der Waals surface area contributed by atoms with Crippen molar-refractivity contribution in [3.63, 3.8) is 0 Å². The molecule has 21 heavy (non-hydrogen) atoms. The Kier molecular flexibility index (Phi) is 3.92. The van der Waals surface area contributed by atoms with Crippen molar-refractivity contribution >= 4 is 5.57 Å². The number of hydrogen-bond donors (Lipinski definition) is 0. The third-order valence-electron chi connectivity index (χ3n) is 4.38. The molecule has 1 aliphatic carbocycles. The summed E-state index contributed by atoms with van der Waals surface area (Å²) in [5.74, 6) is 0.626. The van der Waals surface area contributed by atoms with Crippen LogP contribution >= 0.6 is 0 Å². The maximum atomic E-state index is 14.4. The van der Waals surface area contributed by atoms with Gasteiger partial charge in [0.2, 0.25) is 0 Å². The molecular weight excluding hydrogens is 259 g/mol. The molecule has 1 unspecified atom stereocenters. The number of halogens is 1. The quantitative estimate of drug-likeness (QED) is 0.632. The van der Waals surface area contributed by atoms with E-state index in [4.69, 9.17) is 0 Å². The zero-order chi connectivity index (χ0) is 14.8. The Morgan fingerprint density at radius 3 is 2.33 bits per heavy atom. The van der Waals surface area contributed by atoms with E-state index in [0.717, 1.165) is 29.9 Å². The van der Waals surface area contributed by atoms with Crippen molar-refractivity contribution in [3.05, 3.63) is 65.5 Å². The largest absolute Gasteiger partial charge is 0.206 e. The predicted octanol–water partition coefficient (Wildman–Crippen LogP) is 6.00. The van der Waals surface area contributed by atoms with E-state index in [1.807, 2.05) is 37.3 Å². The first kappa shape index (κ1) is 14.1. The van der Waals surface area contributed by atoms with Crippen LogP contribution in [0.4, 0.5) is 4.39 Å². The molecule has 0 nitrogen and oxygen atoms in total. The van der Waals surface area contributed by atoms with Gasteiger partial charge in [0.05, 0.1) is 0 Å². The van der Waals surface area contributed by atoms with Gasteiger partial charge in [0.25, 0.3) is 0 Å². The third-order valence-corrected chi connectivity index (χ3v) is 4.38. The third kappa shape index (κ3) is 3.07. The lowest BCUT2D eigenvalue weighted by Gasteiger charge is -2.19. The first-order valence-corrected chi connectivity index (χ1v) is 7.69. The van der Waals surface area contributed by atoms with Gasteiger partial charge in [-0.1, -0.05) is 55.0 Å². The Balaban J connectivity index is 1.91. The monoisotopic (exact) mass is 280 g/mol. The van der Waals surface area contributed by atoms with Crippen LogP contribution in [0.25, 0.3) is 16.7 Å². The zero-order valence-corrected chi connectivity index (χ0v) is 12.7. The number of benzene rings is 2. The highest BCUT2D eigenvalue weighted by Gasteiger charge is 2.13. The van der Waals surface area contributed by atoms with Crippen molar-refractivity contribution in [1.29, 1.82) is 0 Å². The normalized spacial score (nSPS) is 18.4. The van der Waals surface area contributed by atoms with Gasteiger partial charge in [0.1, 0.15) is 5.82 Å². The maximum absolute atomic E-state index is 14.4. The Bertz CT molecular complexity index is 665. The molecule has 0 aromatic heterocycles. The van der Waals surface area contributed by atoms with Crippen molar-refractivity contribution in [2.75, 3.05) is 0 Å². The fourth-order valence-electron chi connectivity index (χ4n) is 2.91. The van der Waals surface area contributed by atoms with Gasteiger partial charge >= 0.3 is 0 Å². The molecule has 0 bridgehead atoms. The van der Waals surface area contributed by atoms with Crippen LogP contribution in [0, 0.1) is 18.7 Å². The highest BCUT2D eigenvalue weighted by molar-refractivity contribution is 5.71. The summed E-state index contributed by atoms with van der Waals surface area (Å²) >= 11 is 0. The van der Waals surface area contributed by atoms with Crippen molar-refractivity contribution in [2.45, 2.75) is 33.1 Å². The lowest BCUT2D eigenvalue weighted by molar-refractivity contribution is 0.533. The van der Waals surface area contributed by atoms with Crippen LogP contribution in [-0.2, 0) is 0 Å². The molecule has 0 N–H and O–H groups in total. The Morgan fingerprint density at radius 1 is 1.00 bits per heavy atom. The van der Waals surface area contributed by atoms with Crippen LogP contribution in [0.1, 0.15) is 37.3 Å². The summed E-state index contributed by atoms with van der Waals surface area (Å²) in [5, 5.41) is 0. The molecule has 0 heterocycles. The average Bonchev–Trinajstić information content (AvgIpc) is 2.49. The van der Waals surface area contributed by atoms with Gasteiger partial charge in [-0.05, 0) is 54.9 Å². The summed E-state index contributed by atoms with van der Waals surface area (Å²) in [5.41, 5.74) is 5.15. The summed E-state index contributed by atoms with van der Waals surface area (Å²) in [6.07, 6.45) is 5.64. The predicted molar refractivity (Wildman–Crippen MR) is 87.6 cm³/mol. The number of allylic oxidation sites excluding steroid dienone is 2. The summed E-state index contributed by atoms with van der Waals surface area (Å²) in [4.78, 5) is 0. The lowest BCUT2D eigenvalue weighted by Crippen LogP contribution is -2.01. The van der Waals surface area contributed by atoms with E-state index in [1.165, 1.54) is 17.6 Å². The minimum Gasteiger partial charge on any atom is -0.206 e. The van der Waals surface area contributed by atoms with E-state index in [1.54, 1.807) is 6.07 Å². The van der Waals surface area contributed by atoms with Crippen molar-refractivity contribution in [1.82, 2.24) is 0 Å². The molecule has 2 aromatic carbocycles. The van der Waals surface area contributed by atoms with Crippen LogP contribution in [0.15, 0.2) is 48.5 Å². The highest BCUT2D eigenvalue weighted by atomic mass is 19.1. The van der Waals surface area contributed by atoms with Crippen LogP contribution in [-0.4, -0.2) is 0 Å². The molecule has 0 aliphatic heterocycles. The molecule has 0 fully saturated rings. The molecular formula is C20H21F. The minimum atomic E-state index is -0.129. The SMILES string of the molecule is Cc1ccc(-c2ccc(C3=CCC(C)CC3)cc2F)cc1. The Morgan fingerprint density at radius 2 is 1.71 bits per heavy atom. The van der Waals surface area contributed by atoms with Crippen LogP contribution < -0.4 is 0 Å². The van der Waals surface area contributed by atoms with Gasteiger partial charge in [0, 0.05) is 5.56 Å². The molecule has 0 spiro atoms. The van der Waals surface area contributed by atoms with Crippen LogP contribution in [0.2, 0.25) is 0 Å². The van der Waals surface area contributed by atoms with E-state index in [9.17, 15) is 4.39 Å². The summed E-state index contributed by atoms with van der Waals surface area (Å²) < 4.78 is 14.4. The van der Waals surface area contributed by atoms with Crippen LogP contribution in [0.5, 0.6) is 0 Å². The van der Waals surface area contributed by atoms with Gasteiger partial charge in [-0.2, -0.15) is 0 Å². The first-order chi connectivity index (χ1) is 10.1. The van der Waals surface area contributed by atoms with Gasteiger partial charge in [-0.15, -0.1) is 0 Å². The molecule has 108 valence electrons. The van der Waals surface area contributed by atoms with Gasteiger partial charge in [-0.25, -0.2) is 4.39 Å². The van der Waals surface area contributed by atoms with E-state index in [0.29, 0.717) is 5.56 Å². The maximum Gasteiger partial charge on any atom is 0.131 e. The molecule has 1 aliphatic rings. The molecule has 0 radical (unpaired) electrons. The summed E-state index contributed by atoms with van der Waals surface area (Å²) in [6.45, 7) is 4.31. The molecule has 1 heteroatoms. The van der Waals surface area contributed by atoms with E-state index >= 15 is 0 Å². The summed E-state index contributed by atoms with van der Waals surface area (Å²) in [7, 11) is 0. The van der Waals surface area contributed by atoms with E-state index in [-0.39, 0.29) is 5.82 Å². The lowest BCUT2D eigenvalue weighted by atomic mass is 9.87. The van der Waals surface area contributed by atoms with Gasteiger partial charge in [0.15, 0.2) is 0 Å². The Hall–Kier alpha value is -1.89. The molecule has 1 atom stereocenters. The second kappa shape index (κ2) is 5.85.